The summed E-state index contributed by atoms with van der Waals surface area (Å²) in [6, 6.07) is 6.84. The second kappa shape index (κ2) is 6.61. The van der Waals surface area contributed by atoms with Crippen LogP contribution in [0.4, 0.5) is 13.2 Å². The lowest BCUT2D eigenvalue weighted by molar-refractivity contribution is -0.325. The molecular weight excluding hydrogens is 247 g/mol. The predicted octanol–water partition coefficient (Wildman–Crippen LogP) is 3.01. The minimum atomic E-state index is -4.62. The number of nitrogens with two attached hydrogens (primary N) is 1. The Balaban J connectivity index is 2.52. The first kappa shape index (κ1) is 14.8. The van der Waals surface area contributed by atoms with Crippen LogP contribution in [0, 0.1) is 0 Å². The third-order valence-electron chi connectivity index (χ3n) is 2.36. The number of alkyl halides is 3. The van der Waals surface area contributed by atoms with Crippen molar-refractivity contribution in [2.45, 2.75) is 25.7 Å². The van der Waals surface area contributed by atoms with E-state index in [1.54, 1.807) is 18.2 Å². The highest BCUT2D eigenvalue weighted by molar-refractivity contribution is 5.35. The van der Waals surface area contributed by atoms with Crippen molar-refractivity contribution in [2.75, 3.05) is 13.2 Å². The summed E-state index contributed by atoms with van der Waals surface area (Å²) in [6.45, 7) is 1.21. The van der Waals surface area contributed by atoms with Crippen LogP contribution in [-0.2, 0) is 4.74 Å². The van der Waals surface area contributed by atoms with E-state index < -0.39 is 13.0 Å². The van der Waals surface area contributed by atoms with E-state index in [0.29, 0.717) is 5.75 Å². The van der Waals surface area contributed by atoms with Crippen molar-refractivity contribution in [3.8, 4) is 5.75 Å². The highest BCUT2D eigenvalue weighted by Gasteiger charge is 2.28. The predicted molar refractivity (Wildman–Crippen MR) is 61.2 cm³/mol. The molecule has 0 aliphatic rings. The van der Waals surface area contributed by atoms with Gasteiger partial charge in [-0.15, -0.1) is 13.2 Å². The summed E-state index contributed by atoms with van der Waals surface area (Å²) >= 11 is 0. The molecule has 1 aromatic rings. The van der Waals surface area contributed by atoms with E-state index >= 15 is 0 Å². The van der Waals surface area contributed by atoms with Gasteiger partial charge in [0.2, 0.25) is 0 Å². The van der Waals surface area contributed by atoms with Crippen molar-refractivity contribution in [3.63, 3.8) is 0 Å². The van der Waals surface area contributed by atoms with Crippen molar-refractivity contribution in [1.29, 1.82) is 0 Å². The number of halogens is 3. The number of rotatable bonds is 6. The lowest BCUT2D eigenvalue weighted by Gasteiger charge is -2.15. The third kappa shape index (κ3) is 4.93. The summed E-state index contributed by atoms with van der Waals surface area (Å²) in [7, 11) is 0. The van der Waals surface area contributed by atoms with Gasteiger partial charge in [0.15, 0.2) is 0 Å². The zero-order chi connectivity index (χ0) is 13.6. The number of benzene rings is 1. The van der Waals surface area contributed by atoms with E-state index in [-0.39, 0.29) is 12.6 Å². The molecule has 0 bridgehead atoms. The monoisotopic (exact) mass is 263 g/mol. The van der Waals surface area contributed by atoms with Gasteiger partial charge >= 0.3 is 6.36 Å². The Hall–Kier alpha value is -1.27. The van der Waals surface area contributed by atoms with Crippen molar-refractivity contribution in [1.82, 2.24) is 0 Å². The van der Waals surface area contributed by atoms with Crippen LogP contribution in [-0.4, -0.2) is 19.6 Å². The minimum Gasteiger partial charge on any atom is -0.491 e. The molecule has 0 saturated carbocycles. The molecule has 2 N–H and O–H groups in total. The second-order valence-corrected chi connectivity index (χ2v) is 3.70. The fourth-order valence-electron chi connectivity index (χ4n) is 1.45. The average Bonchev–Trinajstić information content (AvgIpc) is 2.33. The van der Waals surface area contributed by atoms with Crippen molar-refractivity contribution >= 4 is 0 Å². The summed E-state index contributed by atoms with van der Waals surface area (Å²) in [5.41, 5.74) is 6.66. The molecule has 6 heteroatoms. The molecule has 0 heterocycles. The molecule has 1 rings (SSSR count). The molecular formula is C12H16F3NO2. The van der Waals surface area contributed by atoms with Crippen molar-refractivity contribution < 1.29 is 22.6 Å². The molecule has 0 aromatic heterocycles. The molecule has 102 valence electrons. The minimum absolute atomic E-state index is 0.174. The Kier molecular flexibility index (Phi) is 5.43. The van der Waals surface area contributed by atoms with Crippen LogP contribution in [0.15, 0.2) is 24.3 Å². The first-order valence-corrected chi connectivity index (χ1v) is 5.62. The molecule has 18 heavy (non-hydrogen) atoms. The summed E-state index contributed by atoms with van der Waals surface area (Å²) < 4.78 is 44.1. The van der Waals surface area contributed by atoms with E-state index in [0.717, 1.165) is 12.0 Å². The summed E-state index contributed by atoms with van der Waals surface area (Å²) in [6.07, 6.45) is -3.90. The van der Waals surface area contributed by atoms with Gasteiger partial charge in [-0.05, 0) is 12.5 Å². The Labute approximate surface area is 104 Å². The van der Waals surface area contributed by atoms with Crippen LogP contribution in [0.1, 0.15) is 24.9 Å². The van der Waals surface area contributed by atoms with Gasteiger partial charge in [0.25, 0.3) is 0 Å². The Morgan fingerprint density at radius 3 is 2.50 bits per heavy atom. The zero-order valence-corrected chi connectivity index (χ0v) is 10.0. The van der Waals surface area contributed by atoms with E-state index in [1.165, 1.54) is 0 Å². The lowest BCUT2D eigenvalue weighted by Crippen LogP contribution is -2.19. The summed E-state index contributed by atoms with van der Waals surface area (Å²) in [4.78, 5) is 0. The maximum absolute atomic E-state index is 11.7. The molecule has 1 aromatic carbocycles. The fourth-order valence-corrected chi connectivity index (χ4v) is 1.45. The van der Waals surface area contributed by atoms with Crippen LogP contribution in [0.2, 0.25) is 0 Å². The molecule has 0 amide bonds. The smallest absolute Gasteiger partial charge is 0.491 e. The number of para-hydroxylation sites is 1. The normalized spacial score (nSPS) is 13.4. The van der Waals surface area contributed by atoms with Gasteiger partial charge < -0.3 is 10.5 Å². The van der Waals surface area contributed by atoms with E-state index in [4.69, 9.17) is 10.5 Å². The van der Waals surface area contributed by atoms with Gasteiger partial charge in [0, 0.05) is 11.6 Å². The van der Waals surface area contributed by atoms with Gasteiger partial charge in [-0.2, -0.15) is 0 Å². The molecule has 0 aliphatic carbocycles. The maximum atomic E-state index is 11.7. The molecule has 1 atom stereocenters. The lowest BCUT2D eigenvalue weighted by atomic mass is 10.0. The average molecular weight is 263 g/mol. The zero-order valence-electron chi connectivity index (χ0n) is 10.0. The SMILES string of the molecule is CC[C@H](N)c1ccccc1OCCOC(F)(F)F. The Bertz CT molecular complexity index is 369. The highest BCUT2D eigenvalue weighted by atomic mass is 19.4. The highest BCUT2D eigenvalue weighted by Crippen LogP contribution is 2.25. The quantitative estimate of drug-likeness (QED) is 0.802. The number of ether oxygens (including phenoxy) is 2. The van der Waals surface area contributed by atoms with Gasteiger partial charge in [-0.3, -0.25) is 4.74 Å². The molecule has 0 saturated heterocycles. The molecule has 0 radical (unpaired) electrons. The van der Waals surface area contributed by atoms with E-state index in [9.17, 15) is 13.2 Å². The standard InChI is InChI=1S/C12H16F3NO2/c1-2-10(16)9-5-3-4-6-11(9)17-7-8-18-12(13,14)15/h3-6,10H,2,7-8,16H2,1H3/t10-/m0/s1. The molecule has 0 spiro atoms. The number of hydrogen-bond donors (Lipinski definition) is 1. The first-order valence-electron chi connectivity index (χ1n) is 5.62. The fraction of sp³-hybridized carbons (Fsp3) is 0.500. The summed E-state index contributed by atoms with van der Waals surface area (Å²) in [5, 5.41) is 0. The Morgan fingerprint density at radius 1 is 1.22 bits per heavy atom. The van der Waals surface area contributed by atoms with Crippen LogP contribution in [0.5, 0.6) is 5.75 Å². The number of hydrogen-bond acceptors (Lipinski definition) is 3. The van der Waals surface area contributed by atoms with Crippen LogP contribution in [0.3, 0.4) is 0 Å². The van der Waals surface area contributed by atoms with Crippen LogP contribution in [0.25, 0.3) is 0 Å². The van der Waals surface area contributed by atoms with Gasteiger partial charge in [0.05, 0.1) is 6.61 Å². The molecule has 0 fully saturated rings. The van der Waals surface area contributed by atoms with Crippen LogP contribution < -0.4 is 10.5 Å². The van der Waals surface area contributed by atoms with Gasteiger partial charge in [-0.1, -0.05) is 25.1 Å². The van der Waals surface area contributed by atoms with E-state index in [1.807, 2.05) is 13.0 Å². The van der Waals surface area contributed by atoms with E-state index in [2.05, 4.69) is 4.74 Å². The largest absolute Gasteiger partial charge is 0.522 e. The van der Waals surface area contributed by atoms with Gasteiger partial charge in [0.1, 0.15) is 12.4 Å². The molecule has 3 nitrogen and oxygen atoms in total. The topological polar surface area (TPSA) is 44.5 Å². The van der Waals surface area contributed by atoms with Gasteiger partial charge in [-0.25, -0.2) is 0 Å². The first-order chi connectivity index (χ1) is 8.44. The summed E-state index contributed by atoms with van der Waals surface area (Å²) in [5.74, 6) is 0.498. The van der Waals surface area contributed by atoms with Crippen LogP contribution >= 0.6 is 0 Å². The maximum Gasteiger partial charge on any atom is 0.522 e. The van der Waals surface area contributed by atoms with Crippen molar-refractivity contribution in [3.05, 3.63) is 29.8 Å². The Morgan fingerprint density at radius 2 is 1.89 bits per heavy atom. The molecule has 0 aliphatic heterocycles. The second-order valence-electron chi connectivity index (χ2n) is 3.70. The molecule has 0 unspecified atom stereocenters. The van der Waals surface area contributed by atoms with Crippen molar-refractivity contribution in [2.24, 2.45) is 5.73 Å². The third-order valence-corrected chi connectivity index (χ3v) is 2.36.